The zero-order chi connectivity index (χ0) is 13.1. The van der Waals surface area contributed by atoms with Crippen molar-refractivity contribution < 1.29 is 9.21 Å². The van der Waals surface area contributed by atoms with E-state index >= 15 is 0 Å². The molecule has 98 valence electrons. The molecule has 2 aromatic rings. The van der Waals surface area contributed by atoms with Gasteiger partial charge in [0.2, 0.25) is 0 Å². The second kappa shape index (κ2) is 5.18. The van der Waals surface area contributed by atoms with Crippen LogP contribution in [0.4, 0.5) is 4.79 Å². The van der Waals surface area contributed by atoms with Gasteiger partial charge in [-0.15, -0.1) is 0 Å². The summed E-state index contributed by atoms with van der Waals surface area (Å²) in [5.74, 6) is 0.769. The fraction of sp³-hybridized carbons (Fsp3) is 0.267. The Balaban J connectivity index is 1.60. The average molecular weight is 256 g/mol. The van der Waals surface area contributed by atoms with Crippen LogP contribution in [0.5, 0.6) is 0 Å². The minimum absolute atomic E-state index is 0.0362. The molecule has 2 amide bonds. The molecular formula is C15H16N2O2. The highest BCUT2D eigenvalue weighted by atomic mass is 16.3. The molecule has 4 nitrogen and oxygen atoms in total. The largest absolute Gasteiger partial charge is 0.467 e. The monoisotopic (exact) mass is 256 g/mol. The van der Waals surface area contributed by atoms with Gasteiger partial charge in [0.15, 0.2) is 0 Å². The standard InChI is InChI=1S/C15H16N2O2/c18-15(16-10-14-6-3-9-19-14)17-8-7-12-4-1-2-5-13(12)11-17/h1-6,9H,7-8,10-11H2,(H,16,18). The highest BCUT2D eigenvalue weighted by Gasteiger charge is 2.19. The summed E-state index contributed by atoms with van der Waals surface area (Å²) in [5.41, 5.74) is 2.58. The summed E-state index contributed by atoms with van der Waals surface area (Å²) >= 11 is 0. The Bertz CT molecular complexity index is 563. The van der Waals surface area contributed by atoms with Crippen LogP contribution in [0.2, 0.25) is 0 Å². The van der Waals surface area contributed by atoms with Crippen molar-refractivity contribution >= 4 is 6.03 Å². The molecule has 4 heteroatoms. The molecular weight excluding hydrogens is 240 g/mol. The first kappa shape index (κ1) is 11.8. The zero-order valence-electron chi connectivity index (χ0n) is 10.6. The van der Waals surface area contributed by atoms with Crippen molar-refractivity contribution in [3.8, 4) is 0 Å². The number of hydrogen-bond donors (Lipinski definition) is 1. The maximum absolute atomic E-state index is 12.1. The Hall–Kier alpha value is -2.23. The first-order chi connectivity index (χ1) is 9.33. The molecule has 1 aromatic carbocycles. The van der Waals surface area contributed by atoms with Crippen molar-refractivity contribution in [2.75, 3.05) is 6.54 Å². The van der Waals surface area contributed by atoms with E-state index in [4.69, 9.17) is 4.42 Å². The highest BCUT2D eigenvalue weighted by molar-refractivity contribution is 5.74. The van der Waals surface area contributed by atoms with E-state index in [2.05, 4.69) is 17.4 Å². The third-order valence-corrected chi connectivity index (χ3v) is 3.41. The van der Waals surface area contributed by atoms with Crippen molar-refractivity contribution in [1.82, 2.24) is 10.2 Å². The van der Waals surface area contributed by atoms with Crippen LogP contribution < -0.4 is 5.32 Å². The normalized spacial score (nSPS) is 14.0. The minimum atomic E-state index is -0.0362. The van der Waals surface area contributed by atoms with E-state index in [-0.39, 0.29) is 6.03 Å². The van der Waals surface area contributed by atoms with Gasteiger partial charge >= 0.3 is 6.03 Å². The van der Waals surface area contributed by atoms with Gasteiger partial charge < -0.3 is 14.6 Å². The van der Waals surface area contributed by atoms with Gasteiger partial charge in [0.05, 0.1) is 12.8 Å². The molecule has 1 aliphatic heterocycles. The Kier molecular flexibility index (Phi) is 3.23. The molecule has 0 bridgehead atoms. The lowest BCUT2D eigenvalue weighted by molar-refractivity contribution is 0.191. The van der Waals surface area contributed by atoms with Gasteiger partial charge in [-0.25, -0.2) is 4.79 Å². The summed E-state index contributed by atoms with van der Waals surface area (Å²) in [4.78, 5) is 13.9. The number of furan rings is 1. The van der Waals surface area contributed by atoms with Gasteiger partial charge in [0.1, 0.15) is 5.76 Å². The number of carbonyl (C=O) groups is 1. The molecule has 3 rings (SSSR count). The maximum Gasteiger partial charge on any atom is 0.318 e. The Labute approximate surface area is 112 Å². The maximum atomic E-state index is 12.1. The lowest BCUT2D eigenvalue weighted by Crippen LogP contribution is -2.42. The molecule has 0 radical (unpaired) electrons. The number of nitrogens with one attached hydrogen (secondary N) is 1. The number of nitrogens with zero attached hydrogens (tertiary/aromatic N) is 1. The molecule has 1 N–H and O–H groups in total. The van der Waals surface area contributed by atoms with E-state index in [1.54, 1.807) is 6.26 Å². The van der Waals surface area contributed by atoms with Crippen LogP contribution in [0.1, 0.15) is 16.9 Å². The minimum Gasteiger partial charge on any atom is -0.467 e. The summed E-state index contributed by atoms with van der Waals surface area (Å²) < 4.78 is 5.19. The second-order valence-corrected chi connectivity index (χ2v) is 4.68. The van der Waals surface area contributed by atoms with Crippen LogP contribution in [0.15, 0.2) is 47.1 Å². The van der Waals surface area contributed by atoms with Crippen molar-refractivity contribution in [2.45, 2.75) is 19.5 Å². The topological polar surface area (TPSA) is 45.5 Å². The van der Waals surface area contributed by atoms with Crippen molar-refractivity contribution in [2.24, 2.45) is 0 Å². The van der Waals surface area contributed by atoms with E-state index < -0.39 is 0 Å². The fourth-order valence-corrected chi connectivity index (χ4v) is 2.36. The zero-order valence-corrected chi connectivity index (χ0v) is 10.6. The van der Waals surface area contributed by atoms with Gasteiger partial charge in [-0.3, -0.25) is 0 Å². The van der Waals surface area contributed by atoms with E-state index in [0.29, 0.717) is 13.1 Å². The Morgan fingerprint density at radius 1 is 1.21 bits per heavy atom. The predicted octanol–water partition coefficient (Wildman–Crippen LogP) is 2.55. The van der Waals surface area contributed by atoms with E-state index in [1.165, 1.54) is 11.1 Å². The smallest absolute Gasteiger partial charge is 0.318 e. The number of carbonyl (C=O) groups excluding carboxylic acids is 1. The van der Waals surface area contributed by atoms with Gasteiger partial charge in [0, 0.05) is 13.1 Å². The molecule has 19 heavy (non-hydrogen) atoms. The SMILES string of the molecule is O=C(NCc1ccco1)N1CCc2ccccc2C1. The van der Waals surface area contributed by atoms with E-state index in [0.717, 1.165) is 18.7 Å². The third kappa shape index (κ3) is 2.62. The molecule has 1 aliphatic rings. The summed E-state index contributed by atoms with van der Waals surface area (Å²) in [7, 11) is 0. The first-order valence-electron chi connectivity index (χ1n) is 6.45. The molecule has 0 fully saturated rings. The van der Waals surface area contributed by atoms with Gasteiger partial charge in [-0.2, -0.15) is 0 Å². The van der Waals surface area contributed by atoms with Gasteiger partial charge in [0.25, 0.3) is 0 Å². The van der Waals surface area contributed by atoms with Gasteiger partial charge in [-0.05, 0) is 29.7 Å². The molecule has 0 unspecified atom stereocenters. The molecule has 0 saturated heterocycles. The lowest BCUT2D eigenvalue weighted by atomic mass is 10.0. The van der Waals surface area contributed by atoms with Gasteiger partial charge in [-0.1, -0.05) is 24.3 Å². The number of rotatable bonds is 2. The number of urea groups is 1. The quantitative estimate of drug-likeness (QED) is 0.897. The van der Waals surface area contributed by atoms with Crippen LogP contribution in [0.25, 0.3) is 0 Å². The lowest BCUT2D eigenvalue weighted by Gasteiger charge is -2.28. The van der Waals surface area contributed by atoms with Crippen LogP contribution in [0, 0.1) is 0 Å². The number of amides is 2. The molecule has 2 heterocycles. The van der Waals surface area contributed by atoms with Crippen LogP contribution in [-0.4, -0.2) is 17.5 Å². The van der Waals surface area contributed by atoms with Crippen molar-refractivity contribution in [3.63, 3.8) is 0 Å². The number of hydrogen-bond acceptors (Lipinski definition) is 2. The van der Waals surface area contributed by atoms with E-state index in [1.807, 2.05) is 29.2 Å². The third-order valence-electron chi connectivity index (χ3n) is 3.41. The molecule has 1 aromatic heterocycles. The molecule has 0 atom stereocenters. The summed E-state index contributed by atoms with van der Waals surface area (Å²) in [5, 5.41) is 2.88. The van der Waals surface area contributed by atoms with Crippen LogP contribution >= 0.6 is 0 Å². The summed E-state index contributed by atoms with van der Waals surface area (Å²) in [6, 6.07) is 11.9. The summed E-state index contributed by atoms with van der Waals surface area (Å²) in [6.07, 6.45) is 2.53. The predicted molar refractivity (Wildman–Crippen MR) is 71.5 cm³/mol. The second-order valence-electron chi connectivity index (χ2n) is 4.68. The van der Waals surface area contributed by atoms with Crippen LogP contribution in [0.3, 0.4) is 0 Å². The average Bonchev–Trinajstić information content (AvgIpc) is 2.97. The molecule has 0 spiro atoms. The summed E-state index contributed by atoms with van der Waals surface area (Å²) in [6.45, 7) is 1.88. The van der Waals surface area contributed by atoms with Crippen molar-refractivity contribution in [1.29, 1.82) is 0 Å². The van der Waals surface area contributed by atoms with E-state index in [9.17, 15) is 4.79 Å². The van der Waals surface area contributed by atoms with Crippen molar-refractivity contribution in [3.05, 3.63) is 59.5 Å². The van der Waals surface area contributed by atoms with Crippen LogP contribution in [-0.2, 0) is 19.5 Å². The molecule has 0 aliphatic carbocycles. The molecule has 0 saturated carbocycles. The first-order valence-corrected chi connectivity index (χ1v) is 6.45. The number of benzene rings is 1. The fourth-order valence-electron chi connectivity index (χ4n) is 2.36. The number of fused-ring (bicyclic) bond motifs is 1. The highest BCUT2D eigenvalue weighted by Crippen LogP contribution is 2.18. The Morgan fingerprint density at radius 3 is 2.84 bits per heavy atom. The Morgan fingerprint density at radius 2 is 2.05 bits per heavy atom.